The minimum atomic E-state index is -0.114. The summed E-state index contributed by atoms with van der Waals surface area (Å²) in [7, 11) is 0. The molecule has 26 heavy (non-hydrogen) atoms. The fourth-order valence-corrected chi connectivity index (χ4v) is 3.67. The zero-order valence-corrected chi connectivity index (χ0v) is 15.7. The summed E-state index contributed by atoms with van der Waals surface area (Å²) in [5.74, 6) is -0.114. The molecule has 1 aliphatic heterocycles. The lowest BCUT2D eigenvalue weighted by Gasteiger charge is -2.23. The van der Waals surface area contributed by atoms with Crippen LogP contribution in [0, 0.1) is 6.92 Å². The fourth-order valence-electron chi connectivity index (χ4n) is 3.67. The largest absolute Gasteiger partial charge is 0.348 e. The summed E-state index contributed by atoms with van der Waals surface area (Å²) < 4.78 is 1.93. The van der Waals surface area contributed by atoms with Gasteiger partial charge in [0.1, 0.15) is 0 Å². The number of carbonyl (C=O) groups is 1. The number of hydrogen-bond donors (Lipinski definition) is 2. The van der Waals surface area contributed by atoms with Gasteiger partial charge in [-0.2, -0.15) is 0 Å². The molecule has 0 radical (unpaired) electrons. The van der Waals surface area contributed by atoms with Crippen LogP contribution in [-0.4, -0.2) is 40.0 Å². The van der Waals surface area contributed by atoms with Gasteiger partial charge < -0.3 is 10.6 Å². The van der Waals surface area contributed by atoms with Gasteiger partial charge in [0.15, 0.2) is 5.69 Å². The van der Waals surface area contributed by atoms with E-state index in [4.69, 9.17) is 0 Å². The van der Waals surface area contributed by atoms with Crippen molar-refractivity contribution < 1.29 is 4.79 Å². The van der Waals surface area contributed by atoms with Crippen molar-refractivity contribution in [1.82, 2.24) is 25.6 Å². The smallest absolute Gasteiger partial charge is 0.273 e. The predicted octanol–water partition coefficient (Wildman–Crippen LogP) is 2.65. The molecular weight excluding hydrogens is 326 g/mol. The quantitative estimate of drug-likeness (QED) is 0.801. The third-order valence-electron chi connectivity index (χ3n) is 5.09. The first-order valence-corrected chi connectivity index (χ1v) is 9.66. The van der Waals surface area contributed by atoms with Gasteiger partial charge in [-0.15, -0.1) is 5.10 Å². The maximum Gasteiger partial charge on any atom is 0.273 e. The second-order valence-corrected chi connectivity index (χ2v) is 7.10. The number of amides is 1. The van der Waals surface area contributed by atoms with Crippen LogP contribution in [0.15, 0.2) is 30.3 Å². The first-order valence-electron chi connectivity index (χ1n) is 9.66. The zero-order chi connectivity index (χ0) is 18.4. The highest BCUT2D eigenvalue weighted by Gasteiger charge is 2.24. The molecule has 1 atom stereocenters. The maximum absolute atomic E-state index is 12.8. The summed E-state index contributed by atoms with van der Waals surface area (Å²) in [5, 5.41) is 15.0. The SMILES string of the molecule is CCCC(Cc1ccccc1)NC(=O)c1nnn(C2CCNCC2)c1C. The van der Waals surface area contributed by atoms with Crippen LogP contribution < -0.4 is 10.6 Å². The van der Waals surface area contributed by atoms with Gasteiger partial charge in [0.2, 0.25) is 0 Å². The Morgan fingerprint density at radius 1 is 1.31 bits per heavy atom. The van der Waals surface area contributed by atoms with Crippen molar-refractivity contribution in [2.24, 2.45) is 0 Å². The number of aromatic nitrogens is 3. The number of nitrogens with zero attached hydrogens (tertiary/aromatic N) is 3. The first kappa shape index (κ1) is 18.6. The molecule has 1 aromatic carbocycles. The molecular formula is C20H29N5O. The molecule has 6 heteroatoms. The molecule has 0 bridgehead atoms. The minimum Gasteiger partial charge on any atom is -0.348 e. The monoisotopic (exact) mass is 355 g/mol. The molecule has 0 saturated carbocycles. The molecule has 6 nitrogen and oxygen atoms in total. The van der Waals surface area contributed by atoms with Crippen LogP contribution in [0.1, 0.15) is 60.4 Å². The standard InChI is InChI=1S/C20H29N5O/c1-3-7-17(14-16-8-5-4-6-9-16)22-20(26)19-15(2)25(24-23-19)18-10-12-21-13-11-18/h4-6,8-9,17-18,21H,3,7,10-14H2,1-2H3,(H,22,26). The molecule has 140 valence electrons. The average Bonchev–Trinajstić information content (AvgIpc) is 3.05. The van der Waals surface area contributed by atoms with Gasteiger partial charge >= 0.3 is 0 Å². The average molecular weight is 355 g/mol. The lowest BCUT2D eigenvalue weighted by atomic mass is 10.0. The van der Waals surface area contributed by atoms with Crippen molar-refractivity contribution in [1.29, 1.82) is 0 Å². The van der Waals surface area contributed by atoms with Crippen LogP contribution in [-0.2, 0) is 6.42 Å². The second-order valence-electron chi connectivity index (χ2n) is 7.10. The highest BCUT2D eigenvalue weighted by atomic mass is 16.2. The predicted molar refractivity (Wildman–Crippen MR) is 102 cm³/mol. The number of nitrogens with one attached hydrogen (secondary N) is 2. The Kier molecular flexibility index (Phi) is 6.39. The van der Waals surface area contributed by atoms with Crippen LogP contribution in [0.4, 0.5) is 0 Å². The zero-order valence-electron chi connectivity index (χ0n) is 15.7. The molecule has 2 N–H and O–H groups in total. The number of rotatable bonds is 7. The Hall–Kier alpha value is -2.21. The van der Waals surface area contributed by atoms with E-state index < -0.39 is 0 Å². The molecule has 1 aromatic heterocycles. The van der Waals surface area contributed by atoms with Gasteiger partial charge in [-0.3, -0.25) is 4.79 Å². The van der Waals surface area contributed by atoms with Crippen LogP contribution >= 0.6 is 0 Å². The van der Waals surface area contributed by atoms with Gasteiger partial charge in [0, 0.05) is 6.04 Å². The van der Waals surface area contributed by atoms with Crippen molar-refractivity contribution >= 4 is 5.91 Å². The van der Waals surface area contributed by atoms with Gasteiger partial charge in [-0.25, -0.2) is 4.68 Å². The number of piperidine rings is 1. The third kappa shape index (κ3) is 4.49. The molecule has 2 heterocycles. The van der Waals surface area contributed by atoms with E-state index in [-0.39, 0.29) is 11.9 Å². The van der Waals surface area contributed by atoms with E-state index in [1.165, 1.54) is 5.56 Å². The molecule has 2 aromatic rings. The van der Waals surface area contributed by atoms with Gasteiger partial charge in [0.05, 0.1) is 11.7 Å². The van der Waals surface area contributed by atoms with Crippen LogP contribution in [0.25, 0.3) is 0 Å². The Balaban J connectivity index is 1.68. The number of hydrogen-bond acceptors (Lipinski definition) is 4. The second kappa shape index (κ2) is 8.94. The number of benzene rings is 1. The van der Waals surface area contributed by atoms with E-state index in [9.17, 15) is 4.79 Å². The minimum absolute atomic E-state index is 0.110. The molecule has 0 spiro atoms. The topological polar surface area (TPSA) is 71.8 Å². The molecule has 1 amide bonds. The van der Waals surface area contributed by atoms with E-state index in [1.54, 1.807) is 0 Å². The van der Waals surface area contributed by atoms with Gasteiger partial charge in [-0.05, 0) is 51.3 Å². The lowest BCUT2D eigenvalue weighted by Crippen LogP contribution is -2.37. The van der Waals surface area contributed by atoms with Gasteiger partial charge in [-0.1, -0.05) is 48.9 Å². The molecule has 1 fully saturated rings. The van der Waals surface area contributed by atoms with E-state index in [1.807, 2.05) is 29.8 Å². The summed E-state index contributed by atoms with van der Waals surface area (Å²) >= 11 is 0. The van der Waals surface area contributed by atoms with Crippen molar-refractivity contribution in [3.8, 4) is 0 Å². The number of carbonyl (C=O) groups excluding carboxylic acids is 1. The summed E-state index contributed by atoms with van der Waals surface area (Å²) in [6.45, 7) is 6.06. The summed E-state index contributed by atoms with van der Waals surface area (Å²) in [5.41, 5.74) is 2.56. The molecule has 1 unspecified atom stereocenters. The maximum atomic E-state index is 12.8. The lowest BCUT2D eigenvalue weighted by molar-refractivity contribution is 0.0929. The van der Waals surface area contributed by atoms with Crippen molar-refractivity contribution in [2.45, 2.75) is 58.0 Å². The Bertz CT molecular complexity index is 706. The van der Waals surface area contributed by atoms with Crippen LogP contribution in [0.2, 0.25) is 0 Å². The van der Waals surface area contributed by atoms with Crippen molar-refractivity contribution in [3.05, 3.63) is 47.3 Å². The fraction of sp³-hybridized carbons (Fsp3) is 0.550. The summed E-state index contributed by atoms with van der Waals surface area (Å²) in [6.07, 6.45) is 4.86. The summed E-state index contributed by atoms with van der Waals surface area (Å²) in [6, 6.07) is 10.7. The van der Waals surface area contributed by atoms with Crippen LogP contribution in [0.3, 0.4) is 0 Å². The highest BCUT2D eigenvalue weighted by molar-refractivity contribution is 5.93. The molecule has 3 rings (SSSR count). The Labute approximate surface area is 155 Å². The highest BCUT2D eigenvalue weighted by Crippen LogP contribution is 2.20. The van der Waals surface area contributed by atoms with E-state index >= 15 is 0 Å². The first-order chi connectivity index (χ1) is 12.7. The van der Waals surface area contributed by atoms with Crippen molar-refractivity contribution in [3.63, 3.8) is 0 Å². The van der Waals surface area contributed by atoms with Crippen molar-refractivity contribution in [2.75, 3.05) is 13.1 Å². The molecule has 1 aliphatic rings. The van der Waals surface area contributed by atoms with E-state index in [0.717, 1.165) is 50.9 Å². The Morgan fingerprint density at radius 2 is 2.04 bits per heavy atom. The Morgan fingerprint density at radius 3 is 2.73 bits per heavy atom. The van der Waals surface area contributed by atoms with E-state index in [0.29, 0.717) is 11.7 Å². The summed E-state index contributed by atoms with van der Waals surface area (Å²) in [4.78, 5) is 12.8. The third-order valence-corrected chi connectivity index (χ3v) is 5.09. The molecule has 0 aliphatic carbocycles. The normalized spacial score (nSPS) is 16.4. The van der Waals surface area contributed by atoms with Crippen LogP contribution in [0.5, 0.6) is 0 Å². The van der Waals surface area contributed by atoms with E-state index in [2.05, 4.69) is 40.0 Å². The van der Waals surface area contributed by atoms with Gasteiger partial charge in [0.25, 0.3) is 5.91 Å². The molecule has 1 saturated heterocycles.